The molecule has 7 nitrogen and oxygen atoms in total. The lowest BCUT2D eigenvalue weighted by atomic mass is 10.1. The molecule has 3 heterocycles. The van der Waals surface area contributed by atoms with Crippen LogP contribution in [-0.2, 0) is 4.79 Å². The molecule has 3 rings (SSSR count). The van der Waals surface area contributed by atoms with E-state index in [0.29, 0.717) is 35.2 Å². The van der Waals surface area contributed by atoms with E-state index >= 15 is 0 Å². The van der Waals surface area contributed by atoms with Crippen LogP contribution in [0.25, 0.3) is 11.0 Å². The fourth-order valence-electron chi connectivity index (χ4n) is 2.28. The number of fused-ring (bicyclic) bond motifs is 1. The van der Waals surface area contributed by atoms with Gasteiger partial charge in [0.05, 0.1) is 29.1 Å². The molecule has 25 heavy (non-hydrogen) atoms. The van der Waals surface area contributed by atoms with Gasteiger partial charge in [-0.1, -0.05) is 20.8 Å². The van der Waals surface area contributed by atoms with Crippen LogP contribution < -0.4 is 10.6 Å². The fraction of sp³-hybridized carbons (Fsp3) is 0.278. The Kier molecular flexibility index (Phi) is 4.83. The van der Waals surface area contributed by atoms with Gasteiger partial charge >= 0.3 is 0 Å². The summed E-state index contributed by atoms with van der Waals surface area (Å²) < 4.78 is 0. The first-order chi connectivity index (χ1) is 12.0. The Bertz CT molecular complexity index is 909. The fourth-order valence-corrected chi connectivity index (χ4v) is 2.28. The van der Waals surface area contributed by atoms with Gasteiger partial charge < -0.3 is 10.6 Å². The smallest absolute Gasteiger partial charge is 0.224 e. The van der Waals surface area contributed by atoms with Crippen molar-refractivity contribution in [3.05, 3.63) is 42.2 Å². The van der Waals surface area contributed by atoms with Gasteiger partial charge in [-0.25, -0.2) is 4.98 Å². The maximum absolute atomic E-state index is 11.5. The van der Waals surface area contributed by atoms with Crippen LogP contribution in [0.5, 0.6) is 0 Å². The van der Waals surface area contributed by atoms with E-state index in [1.54, 1.807) is 25.4 Å². The van der Waals surface area contributed by atoms with Gasteiger partial charge in [-0.2, -0.15) is 5.10 Å². The highest BCUT2D eigenvalue weighted by molar-refractivity contribution is 5.92. The van der Waals surface area contributed by atoms with E-state index in [2.05, 4.69) is 44.6 Å². The molecule has 0 saturated carbocycles. The monoisotopic (exact) mass is 336 g/mol. The average Bonchev–Trinajstić information content (AvgIpc) is 2.61. The molecule has 1 amide bonds. The topological polar surface area (TPSA) is 92.7 Å². The third-order valence-corrected chi connectivity index (χ3v) is 3.74. The summed E-state index contributed by atoms with van der Waals surface area (Å²) in [5.41, 5.74) is 3.17. The van der Waals surface area contributed by atoms with Gasteiger partial charge in [-0.15, -0.1) is 5.10 Å². The summed E-state index contributed by atoms with van der Waals surface area (Å²) in [6.45, 7) is 6.01. The predicted molar refractivity (Wildman–Crippen MR) is 97.9 cm³/mol. The normalized spacial score (nSPS) is 10.9. The van der Waals surface area contributed by atoms with Crippen molar-refractivity contribution in [1.82, 2.24) is 20.2 Å². The first-order valence-corrected chi connectivity index (χ1v) is 8.21. The molecular weight excluding hydrogens is 316 g/mol. The van der Waals surface area contributed by atoms with Gasteiger partial charge in [0.25, 0.3) is 0 Å². The van der Waals surface area contributed by atoms with Crippen LogP contribution in [-0.4, -0.2) is 26.1 Å². The molecule has 0 aliphatic carbocycles. The third-order valence-electron chi connectivity index (χ3n) is 3.74. The molecule has 0 saturated heterocycles. The quantitative estimate of drug-likeness (QED) is 0.739. The van der Waals surface area contributed by atoms with Crippen molar-refractivity contribution >= 4 is 34.3 Å². The number of carbonyl (C=O) groups is 1. The Hall–Kier alpha value is -3.09. The Balaban J connectivity index is 1.87. The Morgan fingerprint density at radius 2 is 1.96 bits per heavy atom. The molecule has 7 heteroatoms. The van der Waals surface area contributed by atoms with Gasteiger partial charge in [0, 0.05) is 6.42 Å². The van der Waals surface area contributed by atoms with Crippen LogP contribution in [0.1, 0.15) is 38.7 Å². The highest BCUT2D eigenvalue weighted by atomic mass is 16.1. The number of nitrogens with zero attached hydrogens (tertiary/aromatic N) is 4. The largest absolute Gasteiger partial charge is 0.325 e. The molecule has 3 aromatic rings. The highest BCUT2D eigenvalue weighted by Crippen LogP contribution is 2.21. The van der Waals surface area contributed by atoms with E-state index in [9.17, 15) is 4.79 Å². The zero-order valence-electron chi connectivity index (χ0n) is 14.4. The van der Waals surface area contributed by atoms with Crippen LogP contribution in [0.2, 0.25) is 0 Å². The molecule has 0 aromatic carbocycles. The second kappa shape index (κ2) is 7.21. The van der Waals surface area contributed by atoms with Gasteiger partial charge in [0.1, 0.15) is 5.82 Å². The van der Waals surface area contributed by atoms with E-state index in [1.165, 1.54) is 0 Å². The Morgan fingerprint density at radius 1 is 1.12 bits per heavy atom. The Labute approximate surface area is 145 Å². The minimum absolute atomic E-state index is 0.0591. The van der Waals surface area contributed by atoms with Crippen molar-refractivity contribution in [3.63, 3.8) is 0 Å². The maximum atomic E-state index is 11.5. The van der Waals surface area contributed by atoms with E-state index in [1.807, 2.05) is 18.2 Å². The molecule has 2 N–H and O–H groups in total. The SMILES string of the molecule is CCC(=O)Nc1cnc2ccc(Nc3cc(C(C)C)cnn3)nc2c1. The predicted octanol–water partition coefficient (Wildman–Crippen LogP) is 3.64. The summed E-state index contributed by atoms with van der Waals surface area (Å²) in [6, 6.07) is 7.47. The highest BCUT2D eigenvalue weighted by Gasteiger charge is 2.06. The lowest BCUT2D eigenvalue weighted by Crippen LogP contribution is -2.09. The number of hydrogen-bond donors (Lipinski definition) is 2. The zero-order chi connectivity index (χ0) is 17.8. The van der Waals surface area contributed by atoms with Gasteiger partial charge in [-0.3, -0.25) is 9.78 Å². The number of hydrogen-bond acceptors (Lipinski definition) is 6. The molecule has 0 atom stereocenters. The van der Waals surface area contributed by atoms with E-state index < -0.39 is 0 Å². The minimum atomic E-state index is -0.0591. The molecular formula is C18H20N6O. The molecule has 128 valence electrons. The van der Waals surface area contributed by atoms with Gasteiger partial charge in [0.2, 0.25) is 5.91 Å². The third kappa shape index (κ3) is 4.06. The number of amides is 1. The summed E-state index contributed by atoms with van der Waals surface area (Å²) in [5.74, 6) is 1.59. The Morgan fingerprint density at radius 3 is 2.72 bits per heavy atom. The maximum Gasteiger partial charge on any atom is 0.224 e. The summed E-state index contributed by atoms with van der Waals surface area (Å²) in [7, 11) is 0. The lowest BCUT2D eigenvalue weighted by molar-refractivity contribution is -0.115. The first-order valence-electron chi connectivity index (χ1n) is 8.21. The molecule has 0 radical (unpaired) electrons. The van der Waals surface area contributed by atoms with Crippen LogP contribution >= 0.6 is 0 Å². The van der Waals surface area contributed by atoms with Gasteiger partial charge in [-0.05, 0) is 35.7 Å². The molecule has 0 aliphatic rings. The van der Waals surface area contributed by atoms with Crippen molar-refractivity contribution in [2.24, 2.45) is 0 Å². The minimum Gasteiger partial charge on any atom is -0.325 e. The van der Waals surface area contributed by atoms with Crippen molar-refractivity contribution in [2.75, 3.05) is 10.6 Å². The average molecular weight is 336 g/mol. The second-order valence-corrected chi connectivity index (χ2v) is 6.01. The standard InChI is InChI=1S/C18H20N6O/c1-4-18(25)21-13-8-15-14(19-10-13)5-6-16(22-15)23-17-7-12(11(2)3)9-20-24-17/h5-11H,4H2,1-3H3,(H,21,25)(H,22,23,24). The first kappa shape index (κ1) is 16.8. The number of aromatic nitrogens is 4. The van der Waals surface area contributed by atoms with Crippen LogP contribution in [0.15, 0.2) is 36.7 Å². The van der Waals surface area contributed by atoms with E-state index in [-0.39, 0.29) is 5.91 Å². The van der Waals surface area contributed by atoms with E-state index in [4.69, 9.17) is 0 Å². The molecule has 0 fully saturated rings. The molecule has 0 unspecified atom stereocenters. The number of pyridine rings is 2. The molecule has 0 bridgehead atoms. The van der Waals surface area contributed by atoms with Crippen LogP contribution in [0.3, 0.4) is 0 Å². The number of nitrogens with one attached hydrogen (secondary N) is 2. The molecule has 0 spiro atoms. The van der Waals surface area contributed by atoms with Crippen molar-refractivity contribution in [2.45, 2.75) is 33.1 Å². The summed E-state index contributed by atoms with van der Waals surface area (Å²) in [6.07, 6.45) is 3.80. The second-order valence-electron chi connectivity index (χ2n) is 6.01. The molecule has 0 aliphatic heterocycles. The summed E-state index contributed by atoms with van der Waals surface area (Å²) >= 11 is 0. The van der Waals surface area contributed by atoms with E-state index in [0.717, 1.165) is 11.1 Å². The number of carbonyl (C=O) groups excluding carboxylic acids is 1. The van der Waals surface area contributed by atoms with Crippen LogP contribution in [0, 0.1) is 0 Å². The van der Waals surface area contributed by atoms with Gasteiger partial charge in [0.15, 0.2) is 5.82 Å². The van der Waals surface area contributed by atoms with Crippen molar-refractivity contribution in [1.29, 1.82) is 0 Å². The summed E-state index contributed by atoms with van der Waals surface area (Å²) in [5, 5.41) is 14.1. The summed E-state index contributed by atoms with van der Waals surface area (Å²) in [4.78, 5) is 20.4. The lowest BCUT2D eigenvalue weighted by Gasteiger charge is -2.09. The number of rotatable bonds is 5. The number of anilines is 3. The van der Waals surface area contributed by atoms with Crippen molar-refractivity contribution < 1.29 is 4.79 Å². The van der Waals surface area contributed by atoms with Crippen LogP contribution in [0.4, 0.5) is 17.3 Å². The molecule has 3 aromatic heterocycles. The zero-order valence-corrected chi connectivity index (χ0v) is 14.4. The van der Waals surface area contributed by atoms with Crippen molar-refractivity contribution in [3.8, 4) is 0 Å².